The lowest BCUT2D eigenvalue weighted by Gasteiger charge is -1.97. The first-order chi connectivity index (χ1) is 9.22. The van der Waals surface area contributed by atoms with E-state index in [1.165, 1.54) is 10.9 Å². The Labute approximate surface area is 119 Å². The van der Waals surface area contributed by atoms with Crippen LogP contribution in [0.3, 0.4) is 0 Å². The van der Waals surface area contributed by atoms with Crippen LogP contribution in [-0.2, 0) is 13.5 Å². The molecule has 3 rings (SSSR count). The van der Waals surface area contributed by atoms with Crippen molar-refractivity contribution in [3.05, 3.63) is 40.6 Å². The molecule has 0 saturated carbocycles. The predicted octanol–water partition coefficient (Wildman–Crippen LogP) is 2.83. The van der Waals surface area contributed by atoms with Crippen LogP contribution in [0.25, 0.3) is 22.2 Å². The number of aryl methyl sites for hydroxylation is 1. The smallest absolute Gasteiger partial charge is 0.109 e. The molecule has 98 valence electrons. The Hall–Kier alpha value is -1.59. The van der Waals surface area contributed by atoms with Crippen molar-refractivity contribution in [3.63, 3.8) is 0 Å². The largest absolute Gasteiger partial charge is 0.350 e. The number of halogens is 1. The summed E-state index contributed by atoms with van der Waals surface area (Å²) in [5.74, 6) is 0. The summed E-state index contributed by atoms with van der Waals surface area (Å²) >= 11 is 3.63. The SMILES string of the molecule is Cn1cc(-c2n[nH]c(CCN)c2Br)c2ccccc21. The van der Waals surface area contributed by atoms with Crippen molar-refractivity contribution in [2.24, 2.45) is 12.8 Å². The van der Waals surface area contributed by atoms with Crippen LogP contribution in [0.15, 0.2) is 34.9 Å². The van der Waals surface area contributed by atoms with Crippen molar-refractivity contribution in [2.75, 3.05) is 6.54 Å². The minimum Gasteiger partial charge on any atom is -0.350 e. The maximum Gasteiger partial charge on any atom is 0.109 e. The van der Waals surface area contributed by atoms with Crippen molar-refractivity contribution in [1.29, 1.82) is 0 Å². The molecule has 1 aromatic carbocycles. The van der Waals surface area contributed by atoms with Crippen molar-refractivity contribution < 1.29 is 0 Å². The number of nitrogens with one attached hydrogen (secondary N) is 1. The molecule has 3 aromatic rings. The Morgan fingerprint density at radius 3 is 2.95 bits per heavy atom. The Morgan fingerprint density at radius 2 is 2.16 bits per heavy atom. The van der Waals surface area contributed by atoms with Crippen molar-refractivity contribution in [1.82, 2.24) is 14.8 Å². The zero-order valence-corrected chi connectivity index (χ0v) is 12.2. The summed E-state index contributed by atoms with van der Waals surface area (Å²) in [5, 5.41) is 8.69. The van der Waals surface area contributed by atoms with Crippen molar-refractivity contribution in [2.45, 2.75) is 6.42 Å². The van der Waals surface area contributed by atoms with Gasteiger partial charge in [-0.1, -0.05) is 18.2 Å². The Kier molecular flexibility index (Phi) is 3.16. The molecule has 3 N–H and O–H groups in total. The lowest BCUT2D eigenvalue weighted by atomic mass is 10.1. The van der Waals surface area contributed by atoms with Gasteiger partial charge in [0.2, 0.25) is 0 Å². The van der Waals surface area contributed by atoms with E-state index in [0.717, 1.165) is 27.8 Å². The van der Waals surface area contributed by atoms with Gasteiger partial charge < -0.3 is 10.3 Å². The number of fused-ring (bicyclic) bond motifs is 1. The average Bonchev–Trinajstić information content (AvgIpc) is 2.93. The van der Waals surface area contributed by atoms with Gasteiger partial charge in [-0.2, -0.15) is 5.10 Å². The molecule has 0 aliphatic heterocycles. The molecule has 0 atom stereocenters. The standard InChI is InChI=1S/C14H15BrN4/c1-19-8-10(9-4-2-3-5-12(9)19)14-13(15)11(6-7-16)17-18-14/h2-5,8H,6-7,16H2,1H3,(H,17,18). The van der Waals surface area contributed by atoms with Gasteiger partial charge in [-0.05, 0) is 28.5 Å². The number of nitrogens with zero attached hydrogens (tertiary/aromatic N) is 2. The monoisotopic (exact) mass is 318 g/mol. The van der Waals surface area contributed by atoms with E-state index in [4.69, 9.17) is 5.73 Å². The second-order valence-corrected chi connectivity index (χ2v) is 5.37. The van der Waals surface area contributed by atoms with E-state index in [0.29, 0.717) is 6.54 Å². The van der Waals surface area contributed by atoms with E-state index in [-0.39, 0.29) is 0 Å². The summed E-state index contributed by atoms with van der Waals surface area (Å²) in [4.78, 5) is 0. The highest BCUT2D eigenvalue weighted by Crippen LogP contribution is 2.34. The van der Waals surface area contributed by atoms with E-state index in [1.807, 2.05) is 19.2 Å². The second-order valence-electron chi connectivity index (χ2n) is 4.57. The fraction of sp³-hybridized carbons (Fsp3) is 0.214. The van der Waals surface area contributed by atoms with Crippen molar-refractivity contribution >= 4 is 26.8 Å². The minimum atomic E-state index is 0.607. The van der Waals surface area contributed by atoms with Gasteiger partial charge in [-0.15, -0.1) is 0 Å². The summed E-state index contributed by atoms with van der Waals surface area (Å²) in [7, 11) is 2.05. The van der Waals surface area contributed by atoms with Gasteiger partial charge in [0.1, 0.15) is 5.69 Å². The van der Waals surface area contributed by atoms with Gasteiger partial charge in [0.25, 0.3) is 0 Å². The number of aromatic nitrogens is 3. The predicted molar refractivity (Wildman–Crippen MR) is 81.0 cm³/mol. The topological polar surface area (TPSA) is 59.6 Å². The Balaban J connectivity index is 2.19. The van der Waals surface area contributed by atoms with Gasteiger partial charge >= 0.3 is 0 Å². The van der Waals surface area contributed by atoms with Crippen LogP contribution in [0.1, 0.15) is 5.69 Å². The molecule has 0 aliphatic rings. The molecule has 0 unspecified atom stereocenters. The van der Waals surface area contributed by atoms with E-state index in [9.17, 15) is 0 Å². The van der Waals surface area contributed by atoms with Crippen LogP contribution in [0.5, 0.6) is 0 Å². The summed E-state index contributed by atoms with van der Waals surface area (Å²) in [5.41, 5.74) is 9.92. The van der Waals surface area contributed by atoms with Crippen LogP contribution < -0.4 is 5.73 Å². The molecule has 0 aliphatic carbocycles. The maximum absolute atomic E-state index is 5.60. The number of hydrogen-bond acceptors (Lipinski definition) is 2. The molecular weight excluding hydrogens is 304 g/mol. The second kappa shape index (κ2) is 4.83. The molecule has 0 spiro atoms. The quantitative estimate of drug-likeness (QED) is 0.780. The molecule has 0 bridgehead atoms. The third kappa shape index (κ3) is 1.99. The summed E-state index contributed by atoms with van der Waals surface area (Å²) < 4.78 is 3.13. The third-order valence-corrected chi connectivity index (χ3v) is 4.18. The molecule has 5 heteroatoms. The molecule has 0 saturated heterocycles. The van der Waals surface area contributed by atoms with E-state index in [2.05, 4.69) is 49.0 Å². The first kappa shape index (κ1) is 12.4. The van der Waals surface area contributed by atoms with Crippen LogP contribution in [0.4, 0.5) is 0 Å². The minimum absolute atomic E-state index is 0.607. The van der Waals surface area contributed by atoms with Gasteiger partial charge in [0.15, 0.2) is 0 Å². The lowest BCUT2D eigenvalue weighted by Crippen LogP contribution is -2.03. The van der Waals surface area contributed by atoms with Crippen LogP contribution in [0, 0.1) is 0 Å². The number of nitrogens with two attached hydrogens (primary N) is 1. The van der Waals surface area contributed by atoms with E-state index in [1.54, 1.807) is 0 Å². The molecule has 0 amide bonds. The van der Waals surface area contributed by atoms with Gasteiger partial charge in [0, 0.05) is 36.1 Å². The first-order valence-electron chi connectivity index (χ1n) is 6.19. The fourth-order valence-corrected chi connectivity index (χ4v) is 2.97. The van der Waals surface area contributed by atoms with Crippen LogP contribution in [-0.4, -0.2) is 21.3 Å². The fourth-order valence-electron chi connectivity index (χ4n) is 2.38. The van der Waals surface area contributed by atoms with Gasteiger partial charge in [0.05, 0.1) is 10.2 Å². The maximum atomic E-state index is 5.60. The number of benzene rings is 1. The number of hydrogen-bond donors (Lipinski definition) is 2. The first-order valence-corrected chi connectivity index (χ1v) is 6.99. The molecule has 0 radical (unpaired) electrons. The number of para-hydroxylation sites is 1. The lowest BCUT2D eigenvalue weighted by molar-refractivity contribution is 0.898. The van der Waals surface area contributed by atoms with E-state index >= 15 is 0 Å². The van der Waals surface area contributed by atoms with E-state index < -0.39 is 0 Å². The zero-order valence-electron chi connectivity index (χ0n) is 10.7. The average molecular weight is 319 g/mol. The molecule has 0 fully saturated rings. The Morgan fingerprint density at radius 1 is 1.37 bits per heavy atom. The molecular formula is C14H15BrN4. The normalized spacial score (nSPS) is 11.3. The molecule has 19 heavy (non-hydrogen) atoms. The summed E-state index contributed by atoms with van der Waals surface area (Å²) in [6.07, 6.45) is 2.90. The highest BCUT2D eigenvalue weighted by molar-refractivity contribution is 9.10. The van der Waals surface area contributed by atoms with Crippen molar-refractivity contribution in [3.8, 4) is 11.3 Å². The summed E-state index contributed by atoms with van der Waals surface area (Å²) in [6.45, 7) is 0.607. The summed E-state index contributed by atoms with van der Waals surface area (Å²) in [6, 6.07) is 8.33. The highest BCUT2D eigenvalue weighted by atomic mass is 79.9. The molecule has 2 aromatic heterocycles. The highest BCUT2D eigenvalue weighted by Gasteiger charge is 2.16. The number of H-pyrrole nitrogens is 1. The van der Waals surface area contributed by atoms with Gasteiger partial charge in [-0.25, -0.2) is 0 Å². The number of aromatic amines is 1. The number of rotatable bonds is 3. The van der Waals surface area contributed by atoms with Crippen LogP contribution in [0.2, 0.25) is 0 Å². The molecule has 4 nitrogen and oxygen atoms in total. The zero-order chi connectivity index (χ0) is 13.4. The third-order valence-electron chi connectivity index (χ3n) is 3.32. The Bertz CT molecular complexity index is 726. The van der Waals surface area contributed by atoms with Crippen LogP contribution >= 0.6 is 15.9 Å². The van der Waals surface area contributed by atoms with Gasteiger partial charge in [-0.3, -0.25) is 5.10 Å². The molecule has 2 heterocycles.